The van der Waals surface area contributed by atoms with Gasteiger partial charge in [-0.05, 0) is 67.4 Å². The van der Waals surface area contributed by atoms with Crippen LogP contribution in [-0.2, 0) is 14.4 Å². The maximum atomic E-state index is 11.7. The molecule has 0 saturated heterocycles. The third-order valence-electron chi connectivity index (χ3n) is 7.04. The summed E-state index contributed by atoms with van der Waals surface area (Å²) in [6.45, 7) is 12.7. The number of hydrogen-bond donors (Lipinski definition) is 3. The van der Waals surface area contributed by atoms with E-state index in [-0.39, 0.29) is 6.10 Å². The van der Waals surface area contributed by atoms with Gasteiger partial charge in [-0.1, -0.05) is 32.9 Å². The van der Waals surface area contributed by atoms with E-state index in [1.165, 1.54) is 16.6 Å². The Morgan fingerprint density at radius 2 is 1.75 bits per heavy atom. The van der Waals surface area contributed by atoms with E-state index in [0.717, 1.165) is 41.2 Å². The smallest absolute Gasteiger partial charge is 0.229 e. The highest BCUT2D eigenvalue weighted by molar-refractivity contribution is 7.92. The Hall–Kier alpha value is -2.33. The van der Waals surface area contributed by atoms with Crippen molar-refractivity contribution in [1.29, 1.82) is 0 Å². The van der Waals surface area contributed by atoms with Crippen molar-refractivity contribution in [3.63, 3.8) is 0 Å². The number of hydrogen-bond acceptors (Lipinski definition) is 5. The van der Waals surface area contributed by atoms with Crippen molar-refractivity contribution in [1.82, 2.24) is 10.3 Å². The summed E-state index contributed by atoms with van der Waals surface area (Å²) in [5.41, 5.74) is 5.05. The zero-order valence-electron chi connectivity index (χ0n) is 22.4. The van der Waals surface area contributed by atoms with Crippen LogP contribution in [0.1, 0.15) is 43.7 Å². The van der Waals surface area contributed by atoms with E-state index in [9.17, 15) is 8.42 Å². The third-order valence-corrected chi connectivity index (χ3v) is 12.3. The summed E-state index contributed by atoms with van der Waals surface area (Å²) in [4.78, 5) is 3.41. The molecule has 198 valence electrons. The molecule has 1 heterocycles. The molecule has 0 aliphatic rings. The van der Waals surface area contributed by atoms with E-state index in [0.29, 0.717) is 25.4 Å². The Labute approximate surface area is 217 Å². The van der Waals surface area contributed by atoms with Crippen molar-refractivity contribution in [3.05, 3.63) is 59.3 Å². The van der Waals surface area contributed by atoms with Gasteiger partial charge in [0.25, 0.3) is 0 Å². The van der Waals surface area contributed by atoms with Gasteiger partial charge in [-0.2, -0.15) is 0 Å². The van der Waals surface area contributed by atoms with Crippen molar-refractivity contribution < 1.29 is 17.6 Å². The SMILES string of the molecule is CC[Si](CC)(CC)OC(CNCCOc1ccc2c(C)c(C)[nH]c2c1)c1cccc(NS(C)(=O)=O)c1. The Bertz CT molecular complexity index is 1250. The molecule has 0 spiro atoms. The summed E-state index contributed by atoms with van der Waals surface area (Å²) in [6, 6.07) is 16.8. The van der Waals surface area contributed by atoms with Gasteiger partial charge in [0.15, 0.2) is 8.32 Å². The van der Waals surface area contributed by atoms with Gasteiger partial charge >= 0.3 is 0 Å². The van der Waals surface area contributed by atoms with E-state index >= 15 is 0 Å². The first kappa shape index (κ1) is 28.2. The Morgan fingerprint density at radius 3 is 2.42 bits per heavy atom. The summed E-state index contributed by atoms with van der Waals surface area (Å²) in [5, 5.41) is 4.72. The molecule has 7 nitrogen and oxygen atoms in total. The predicted octanol–water partition coefficient (Wildman–Crippen LogP) is 5.89. The van der Waals surface area contributed by atoms with Crippen molar-refractivity contribution >= 4 is 34.9 Å². The number of benzene rings is 2. The number of H-pyrrole nitrogens is 1. The lowest BCUT2D eigenvalue weighted by atomic mass is 10.1. The van der Waals surface area contributed by atoms with Crippen LogP contribution in [0.5, 0.6) is 5.75 Å². The van der Waals surface area contributed by atoms with Crippen LogP contribution < -0.4 is 14.8 Å². The summed E-state index contributed by atoms with van der Waals surface area (Å²) in [7, 11) is -5.24. The minimum atomic E-state index is -3.35. The molecule has 9 heteroatoms. The van der Waals surface area contributed by atoms with Crippen LogP contribution in [0.15, 0.2) is 42.5 Å². The maximum absolute atomic E-state index is 11.7. The molecule has 0 saturated carbocycles. The molecule has 2 aromatic carbocycles. The number of nitrogens with one attached hydrogen (secondary N) is 3. The standard InChI is InChI=1S/C27H41N3O4SSi/c1-7-36(8-2,9-3)34-27(22-11-10-12-23(17-22)30-35(6,31)32)19-28-15-16-33-24-13-14-25-20(4)21(5)29-26(25)18-24/h10-14,17-18,27-30H,7-9,15-16,19H2,1-6H3. The van der Waals surface area contributed by atoms with E-state index < -0.39 is 18.3 Å². The van der Waals surface area contributed by atoms with E-state index in [1.54, 1.807) is 6.07 Å². The molecule has 3 N–H and O–H groups in total. The zero-order valence-corrected chi connectivity index (χ0v) is 24.2. The minimum absolute atomic E-state index is 0.168. The summed E-state index contributed by atoms with van der Waals surface area (Å²) in [6.07, 6.45) is 0.993. The second-order valence-electron chi connectivity index (χ2n) is 9.48. The van der Waals surface area contributed by atoms with Crippen LogP contribution in [0.3, 0.4) is 0 Å². The molecule has 36 heavy (non-hydrogen) atoms. The lowest BCUT2D eigenvalue weighted by molar-refractivity contribution is 0.183. The number of fused-ring (bicyclic) bond motifs is 1. The number of rotatable bonds is 14. The topological polar surface area (TPSA) is 92.4 Å². The van der Waals surface area contributed by atoms with Gasteiger partial charge in [0.05, 0.1) is 12.4 Å². The molecule has 0 aliphatic heterocycles. The Morgan fingerprint density at radius 1 is 1.03 bits per heavy atom. The second-order valence-corrected chi connectivity index (χ2v) is 16.0. The highest BCUT2D eigenvalue weighted by Crippen LogP contribution is 2.31. The van der Waals surface area contributed by atoms with E-state index in [2.05, 4.69) is 55.7 Å². The number of aromatic amines is 1. The first-order valence-electron chi connectivity index (χ1n) is 12.8. The molecule has 0 amide bonds. The van der Waals surface area contributed by atoms with Crippen LogP contribution in [-0.4, -0.2) is 47.7 Å². The van der Waals surface area contributed by atoms with Gasteiger partial charge in [-0.25, -0.2) is 8.42 Å². The average Bonchev–Trinajstić information content (AvgIpc) is 3.13. The molecule has 0 fully saturated rings. The predicted molar refractivity (Wildman–Crippen MR) is 152 cm³/mol. The van der Waals surface area contributed by atoms with Crippen molar-refractivity contribution in [2.75, 3.05) is 30.7 Å². The Kier molecular flexibility index (Phi) is 9.63. The second kappa shape index (κ2) is 12.3. The molecule has 0 aliphatic carbocycles. The molecule has 0 bridgehead atoms. The van der Waals surface area contributed by atoms with Gasteiger partial charge in [-0.15, -0.1) is 0 Å². The fraction of sp³-hybridized carbons (Fsp3) is 0.481. The van der Waals surface area contributed by atoms with E-state index in [4.69, 9.17) is 9.16 Å². The highest BCUT2D eigenvalue weighted by atomic mass is 32.2. The number of anilines is 1. The van der Waals surface area contributed by atoms with Crippen LogP contribution in [0.25, 0.3) is 10.9 Å². The number of ether oxygens (including phenoxy) is 1. The van der Waals surface area contributed by atoms with Gasteiger partial charge in [-0.3, -0.25) is 4.72 Å². The molecule has 3 rings (SSSR count). The highest BCUT2D eigenvalue weighted by Gasteiger charge is 2.32. The average molecular weight is 532 g/mol. The summed E-state index contributed by atoms with van der Waals surface area (Å²) in [5.74, 6) is 0.840. The van der Waals surface area contributed by atoms with Crippen molar-refractivity contribution in [3.8, 4) is 5.75 Å². The monoisotopic (exact) mass is 531 g/mol. The van der Waals surface area contributed by atoms with Gasteiger partial charge in [0.2, 0.25) is 10.0 Å². The molecule has 0 radical (unpaired) electrons. The lowest BCUT2D eigenvalue weighted by Gasteiger charge is -2.34. The summed E-state index contributed by atoms with van der Waals surface area (Å²) < 4.78 is 38.9. The van der Waals surface area contributed by atoms with Crippen molar-refractivity contribution in [2.24, 2.45) is 0 Å². The molecule has 1 unspecified atom stereocenters. The van der Waals surface area contributed by atoms with E-state index in [1.807, 2.05) is 30.3 Å². The number of aromatic nitrogens is 1. The van der Waals surface area contributed by atoms with Crippen LogP contribution >= 0.6 is 0 Å². The number of sulfonamides is 1. The minimum Gasteiger partial charge on any atom is -0.492 e. The van der Waals surface area contributed by atoms with Gasteiger partial charge in [0, 0.05) is 41.4 Å². The maximum Gasteiger partial charge on any atom is 0.229 e. The largest absolute Gasteiger partial charge is 0.492 e. The van der Waals surface area contributed by atoms with Crippen LogP contribution in [0.2, 0.25) is 18.1 Å². The third kappa shape index (κ3) is 7.35. The quantitative estimate of drug-likeness (QED) is 0.178. The molecule has 1 aromatic heterocycles. The molecular formula is C27H41N3O4SSi. The van der Waals surface area contributed by atoms with Crippen molar-refractivity contribution in [2.45, 2.75) is 58.9 Å². The van der Waals surface area contributed by atoms with Gasteiger partial charge in [0.1, 0.15) is 12.4 Å². The van der Waals surface area contributed by atoms with Gasteiger partial charge < -0.3 is 19.5 Å². The first-order chi connectivity index (χ1) is 17.1. The molecule has 3 aromatic rings. The fourth-order valence-electron chi connectivity index (χ4n) is 4.56. The zero-order chi connectivity index (χ0) is 26.3. The number of aryl methyl sites for hydroxylation is 2. The Balaban J connectivity index is 1.66. The first-order valence-corrected chi connectivity index (χ1v) is 17.2. The lowest BCUT2D eigenvalue weighted by Crippen LogP contribution is -2.40. The molecular weight excluding hydrogens is 490 g/mol. The van der Waals surface area contributed by atoms with Crippen LogP contribution in [0.4, 0.5) is 5.69 Å². The summed E-state index contributed by atoms with van der Waals surface area (Å²) >= 11 is 0. The molecule has 1 atom stereocenters. The van der Waals surface area contributed by atoms with Crippen LogP contribution in [0, 0.1) is 13.8 Å². The fourth-order valence-corrected chi connectivity index (χ4v) is 7.94. The normalized spacial score (nSPS) is 13.2.